The number of alkyl halides is 3. The van der Waals surface area contributed by atoms with Gasteiger partial charge in [-0.15, -0.1) is 12.4 Å². The molecule has 0 fully saturated rings. The lowest BCUT2D eigenvalue weighted by atomic mass is 10.0. The summed E-state index contributed by atoms with van der Waals surface area (Å²) >= 11 is 0. The Morgan fingerprint density at radius 2 is 1.67 bits per heavy atom. The van der Waals surface area contributed by atoms with Crippen LogP contribution in [0.1, 0.15) is 22.7 Å². The summed E-state index contributed by atoms with van der Waals surface area (Å²) in [6.45, 7) is 3.61. The van der Waals surface area contributed by atoms with Gasteiger partial charge in [-0.2, -0.15) is 13.2 Å². The molecule has 0 saturated heterocycles. The minimum Gasteiger partial charge on any atom is -0.316 e. The Kier molecular flexibility index (Phi) is 4.62. The van der Waals surface area contributed by atoms with Crippen LogP contribution in [-0.4, -0.2) is 6.18 Å². The molecule has 0 aliphatic carbocycles. The number of rotatable bonds is 1. The van der Waals surface area contributed by atoms with Crippen LogP contribution in [-0.2, 0) is 0 Å². The van der Waals surface area contributed by atoms with Crippen molar-refractivity contribution in [3.05, 3.63) is 34.9 Å². The summed E-state index contributed by atoms with van der Waals surface area (Å²) in [7, 11) is 0. The van der Waals surface area contributed by atoms with Crippen LogP contribution in [0.2, 0.25) is 0 Å². The second kappa shape index (κ2) is 4.86. The second-order valence-corrected chi connectivity index (χ2v) is 3.36. The Bertz CT molecular complexity index is 336. The topological polar surface area (TPSA) is 26.0 Å². The van der Waals surface area contributed by atoms with E-state index >= 15 is 0 Å². The molecule has 0 bridgehead atoms. The number of nitrogens with two attached hydrogens (primary N) is 1. The summed E-state index contributed by atoms with van der Waals surface area (Å²) in [6.07, 6.45) is -4.37. The van der Waals surface area contributed by atoms with Gasteiger partial charge in [-0.3, -0.25) is 0 Å². The van der Waals surface area contributed by atoms with Gasteiger partial charge in [-0.1, -0.05) is 18.2 Å². The number of benzene rings is 1. The van der Waals surface area contributed by atoms with Gasteiger partial charge in [0.1, 0.15) is 6.04 Å². The summed E-state index contributed by atoms with van der Waals surface area (Å²) in [5, 5.41) is 0. The van der Waals surface area contributed by atoms with Gasteiger partial charge in [-0.05, 0) is 30.5 Å². The number of hydrogen-bond acceptors (Lipinski definition) is 1. The van der Waals surface area contributed by atoms with Gasteiger partial charge in [0.25, 0.3) is 0 Å². The molecule has 2 N–H and O–H groups in total. The van der Waals surface area contributed by atoms with Gasteiger partial charge >= 0.3 is 6.18 Å². The molecule has 1 aromatic carbocycles. The van der Waals surface area contributed by atoms with Gasteiger partial charge in [0.2, 0.25) is 0 Å². The predicted octanol–water partition coefficient (Wildman–Crippen LogP) is 3.29. The predicted molar refractivity (Wildman–Crippen MR) is 56.1 cm³/mol. The first-order valence-electron chi connectivity index (χ1n) is 4.22. The maximum absolute atomic E-state index is 12.2. The highest BCUT2D eigenvalue weighted by Crippen LogP contribution is 2.30. The fourth-order valence-corrected chi connectivity index (χ4v) is 1.15. The number of aryl methyl sites for hydroxylation is 2. The highest BCUT2D eigenvalue weighted by atomic mass is 35.5. The maximum atomic E-state index is 12.2. The Morgan fingerprint density at radius 3 is 2.07 bits per heavy atom. The summed E-state index contributed by atoms with van der Waals surface area (Å²) in [6, 6.07) is 2.66. The van der Waals surface area contributed by atoms with Crippen molar-refractivity contribution in [2.24, 2.45) is 5.73 Å². The molecule has 0 aliphatic rings. The van der Waals surface area contributed by atoms with Gasteiger partial charge in [0.15, 0.2) is 0 Å². The van der Waals surface area contributed by atoms with Gasteiger partial charge < -0.3 is 5.73 Å². The van der Waals surface area contributed by atoms with E-state index in [1.165, 1.54) is 12.1 Å². The third kappa shape index (κ3) is 3.39. The summed E-state index contributed by atoms with van der Waals surface area (Å²) in [4.78, 5) is 0. The van der Waals surface area contributed by atoms with E-state index in [0.717, 1.165) is 11.1 Å². The lowest BCUT2D eigenvalue weighted by Crippen LogP contribution is -2.28. The van der Waals surface area contributed by atoms with Gasteiger partial charge in [0, 0.05) is 0 Å². The maximum Gasteiger partial charge on any atom is 0.407 e. The molecule has 0 unspecified atom stereocenters. The van der Waals surface area contributed by atoms with Crippen molar-refractivity contribution in [2.75, 3.05) is 0 Å². The summed E-state index contributed by atoms with van der Waals surface area (Å²) < 4.78 is 36.7. The molecular weight excluding hydrogens is 227 g/mol. The van der Waals surface area contributed by atoms with Crippen molar-refractivity contribution >= 4 is 12.4 Å². The van der Waals surface area contributed by atoms with Crippen LogP contribution in [0.3, 0.4) is 0 Å². The zero-order valence-electron chi connectivity index (χ0n) is 8.43. The molecule has 0 radical (unpaired) electrons. The van der Waals surface area contributed by atoms with Crippen LogP contribution in [0.4, 0.5) is 13.2 Å². The molecule has 0 amide bonds. The van der Waals surface area contributed by atoms with Crippen LogP contribution in [0.25, 0.3) is 0 Å². The number of hydrogen-bond donors (Lipinski definition) is 1. The first-order chi connectivity index (χ1) is 6.32. The highest BCUT2D eigenvalue weighted by Gasteiger charge is 2.37. The third-order valence-electron chi connectivity index (χ3n) is 2.24. The van der Waals surface area contributed by atoms with Crippen molar-refractivity contribution in [1.29, 1.82) is 0 Å². The smallest absolute Gasteiger partial charge is 0.316 e. The first kappa shape index (κ1) is 14.3. The third-order valence-corrected chi connectivity index (χ3v) is 2.24. The molecule has 5 heteroatoms. The van der Waals surface area contributed by atoms with Crippen LogP contribution in [0.5, 0.6) is 0 Å². The van der Waals surface area contributed by atoms with Gasteiger partial charge in [-0.25, -0.2) is 0 Å². The number of halogens is 4. The van der Waals surface area contributed by atoms with Crippen LogP contribution >= 0.6 is 12.4 Å². The zero-order chi connectivity index (χ0) is 10.9. The lowest BCUT2D eigenvalue weighted by Gasteiger charge is -2.16. The van der Waals surface area contributed by atoms with Crippen molar-refractivity contribution in [2.45, 2.75) is 26.1 Å². The van der Waals surface area contributed by atoms with E-state index < -0.39 is 12.2 Å². The molecule has 0 spiro atoms. The SMILES string of the molecule is Cc1ccc([C@@H](N)C(F)(F)F)cc1C.Cl. The summed E-state index contributed by atoms with van der Waals surface area (Å²) in [5.74, 6) is 0. The van der Waals surface area contributed by atoms with Crippen molar-refractivity contribution in [1.82, 2.24) is 0 Å². The van der Waals surface area contributed by atoms with Crippen LogP contribution in [0.15, 0.2) is 18.2 Å². The Hall–Kier alpha value is -0.740. The lowest BCUT2D eigenvalue weighted by molar-refractivity contribution is -0.149. The fourth-order valence-electron chi connectivity index (χ4n) is 1.15. The Morgan fingerprint density at radius 1 is 1.13 bits per heavy atom. The van der Waals surface area contributed by atoms with Crippen molar-refractivity contribution < 1.29 is 13.2 Å². The molecule has 0 aromatic heterocycles. The molecule has 0 aliphatic heterocycles. The molecule has 1 rings (SSSR count). The van der Waals surface area contributed by atoms with E-state index in [4.69, 9.17) is 5.73 Å². The fraction of sp³-hybridized carbons (Fsp3) is 0.400. The average Bonchev–Trinajstić information content (AvgIpc) is 2.07. The molecule has 0 heterocycles. The quantitative estimate of drug-likeness (QED) is 0.800. The van der Waals surface area contributed by atoms with Gasteiger partial charge in [0.05, 0.1) is 0 Å². The van der Waals surface area contributed by atoms with E-state index in [2.05, 4.69) is 0 Å². The molecule has 86 valence electrons. The molecule has 15 heavy (non-hydrogen) atoms. The molecule has 1 atom stereocenters. The normalized spacial score (nSPS) is 13.2. The minimum atomic E-state index is -4.37. The first-order valence-corrected chi connectivity index (χ1v) is 4.22. The molecule has 1 aromatic rings. The molecule has 0 saturated carbocycles. The van der Waals surface area contributed by atoms with Crippen molar-refractivity contribution in [3.8, 4) is 0 Å². The largest absolute Gasteiger partial charge is 0.407 e. The van der Waals surface area contributed by atoms with Crippen LogP contribution in [0, 0.1) is 13.8 Å². The van der Waals surface area contributed by atoms with Crippen LogP contribution < -0.4 is 5.73 Å². The Labute approximate surface area is 92.9 Å². The molecule has 1 nitrogen and oxygen atoms in total. The van der Waals surface area contributed by atoms with E-state index in [0.29, 0.717) is 0 Å². The Balaban J connectivity index is 0.00000196. The van der Waals surface area contributed by atoms with E-state index in [1.54, 1.807) is 13.0 Å². The van der Waals surface area contributed by atoms with E-state index in [1.807, 2.05) is 6.92 Å². The van der Waals surface area contributed by atoms with Crippen molar-refractivity contribution in [3.63, 3.8) is 0 Å². The van der Waals surface area contributed by atoms with E-state index in [9.17, 15) is 13.2 Å². The zero-order valence-corrected chi connectivity index (χ0v) is 9.25. The minimum absolute atomic E-state index is 0. The highest BCUT2D eigenvalue weighted by molar-refractivity contribution is 5.85. The summed E-state index contributed by atoms with van der Waals surface area (Å²) in [5.41, 5.74) is 6.96. The van der Waals surface area contributed by atoms with E-state index in [-0.39, 0.29) is 18.0 Å². The molecular formula is C10H13ClF3N. The monoisotopic (exact) mass is 239 g/mol. The standard InChI is InChI=1S/C10H12F3N.ClH/c1-6-3-4-8(5-7(6)2)9(14)10(11,12)13;/h3-5,9H,14H2,1-2H3;1H/t9-;/m1./s1. The average molecular weight is 240 g/mol. The second-order valence-electron chi connectivity index (χ2n) is 3.36.